The molecule has 0 aliphatic carbocycles. The molecule has 64 valence electrons. The highest BCUT2D eigenvalue weighted by Crippen LogP contribution is 2.28. The first-order chi connectivity index (χ1) is 5.52. The second-order valence-electron chi connectivity index (χ2n) is 2.16. The number of aromatic nitrogens is 1. The summed E-state index contributed by atoms with van der Waals surface area (Å²) in [7, 11) is 0. The summed E-state index contributed by atoms with van der Waals surface area (Å²) in [5.74, 6) is 0. The summed E-state index contributed by atoms with van der Waals surface area (Å²) in [5.41, 5.74) is 0.450. The maximum absolute atomic E-state index is 10.4. The number of hydrogen-bond donors (Lipinski definition) is 0. The van der Waals surface area contributed by atoms with Crippen LogP contribution in [0.4, 0.5) is 5.69 Å². The van der Waals surface area contributed by atoms with E-state index in [2.05, 4.69) is 20.9 Å². The van der Waals surface area contributed by atoms with Crippen molar-refractivity contribution < 1.29 is 4.92 Å². The minimum absolute atomic E-state index is 0.0422. The Morgan fingerprint density at radius 3 is 2.75 bits per heavy atom. The first kappa shape index (κ1) is 9.41. The highest BCUT2D eigenvalue weighted by Gasteiger charge is 2.17. The molecule has 0 radical (unpaired) electrons. The highest BCUT2D eigenvalue weighted by atomic mass is 79.9. The van der Waals surface area contributed by atoms with Crippen LogP contribution in [0.1, 0.15) is 5.56 Å². The monoisotopic (exact) mass is 250 g/mol. The highest BCUT2D eigenvalue weighted by molar-refractivity contribution is 9.10. The van der Waals surface area contributed by atoms with Gasteiger partial charge in [-0.2, -0.15) is 0 Å². The molecule has 0 aliphatic rings. The third kappa shape index (κ3) is 1.73. The Morgan fingerprint density at radius 2 is 2.33 bits per heavy atom. The number of pyridine rings is 1. The van der Waals surface area contributed by atoms with E-state index in [1.165, 1.54) is 6.07 Å². The van der Waals surface area contributed by atoms with E-state index in [-0.39, 0.29) is 15.4 Å². The number of halogens is 2. The van der Waals surface area contributed by atoms with E-state index in [0.29, 0.717) is 5.56 Å². The molecule has 0 atom stereocenters. The van der Waals surface area contributed by atoms with Crippen LogP contribution in [-0.2, 0) is 0 Å². The van der Waals surface area contributed by atoms with Crippen LogP contribution in [0.25, 0.3) is 0 Å². The van der Waals surface area contributed by atoms with E-state index in [1.807, 2.05) is 0 Å². The standard InChI is InChI=1S/C6H4BrClN2O2/c1-3-2-4(8)9-6(7)5(3)10(11)12/h2H,1H3. The first-order valence-electron chi connectivity index (χ1n) is 2.99. The Kier molecular flexibility index (Phi) is 2.64. The van der Waals surface area contributed by atoms with Crippen molar-refractivity contribution in [1.82, 2.24) is 4.98 Å². The number of nitro groups is 1. The van der Waals surface area contributed by atoms with Crippen molar-refractivity contribution in [3.8, 4) is 0 Å². The Bertz CT molecular complexity index is 319. The quantitative estimate of drug-likeness (QED) is 0.438. The first-order valence-corrected chi connectivity index (χ1v) is 4.16. The molecule has 0 saturated heterocycles. The van der Waals surface area contributed by atoms with Crippen LogP contribution in [-0.4, -0.2) is 9.91 Å². The number of rotatable bonds is 1. The zero-order chi connectivity index (χ0) is 9.30. The smallest absolute Gasteiger partial charge is 0.258 e. The average molecular weight is 251 g/mol. The minimum atomic E-state index is -0.497. The summed E-state index contributed by atoms with van der Waals surface area (Å²) in [4.78, 5) is 13.6. The van der Waals surface area contributed by atoms with Crippen molar-refractivity contribution in [2.45, 2.75) is 6.92 Å². The van der Waals surface area contributed by atoms with Gasteiger partial charge in [0.2, 0.25) is 0 Å². The maximum Gasteiger partial charge on any atom is 0.304 e. The molecular weight excluding hydrogens is 247 g/mol. The predicted octanol–water partition coefficient (Wildman–Crippen LogP) is 2.71. The Balaban J connectivity index is 3.38. The summed E-state index contributed by atoms with van der Waals surface area (Å²) >= 11 is 8.52. The van der Waals surface area contributed by atoms with Gasteiger partial charge in [-0.1, -0.05) is 11.6 Å². The van der Waals surface area contributed by atoms with Gasteiger partial charge in [-0.05, 0) is 28.9 Å². The lowest BCUT2D eigenvalue weighted by Gasteiger charge is -1.98. The molecule has 1 aromatic rings. The minimum Gasteiger partial charge on any atom is -0.258 e. The molecule has 6 heteroatoms. The molecule has 0 unspecified atom stereocenters. The van der Waals surface area contributed by atoms with E-state index >= 15 is 0 Å². The molecular formula is C6H4BrClN2O2. The van der Waals surface area contributed by atoms with E-state index < -0.39 is 4.92 Å². The van der Waals surface area contributed by atoms with Crippen LogP contribution in [0.2, 0.25) is 5.15 Å². The van der Waals surface area contributed by atoms with Gasteiger partial charge in [0.25, 0.3) is 0 Å². The van der Waals surface area contributed by atoms with Gasteiger partial charge in [0.05, 0.1) is 4.92 Å². The van der Waals surface area contributed by atoms with E-state index in [9.17, 15) is 10.1 Å². The largest absolute Gasteiger partial charge is 0.304 e. The molecule has 0 bridgehead atoms. The molecule has 0 aromatic carbocycles. The predicted molar refractivity (Wildman–Crippen MR) is 48.3 cm³/mol. The van der Waals surface area contributed by atoms with Crippen LogP contribution in [0.5, 0.6) is 0 Å². The van der Waals surface area contributed by atoms with Gasteiger partial charge < -0.3 is 0 Å². The van der Waals surface area contributed by atoms with Gasteiger partial charge in [0.1, 0.15) is 5.15 Å². The zero-order valence-corrected chi connectivity index (χ0v) is 8.39. The summed E-state index contributed by atoms with van der Waals surface area (Å²) in [5, 5.41) is 10.7. The van der Waals surface area contributed by atoms with Crippen LogP contribution in [0.15, 0.2) is 10.7 Å². The Labute approximate surface area is 81.8 Å². The van der Waals surface area contributed by atoms with E-state index in [0.717, 1.165) is 0 Å². The van der Waals surface area contributed by atoms with Crippen LogP contribution in [0, 0.1) is 17.0 Å². The summed E-state index contributed by atoms with van der Waals surface area (Å²) in [6.07, 6.45) is 0. The molecule has 0 N–H and O–H groups in total. The van der Waals surface area contributed by atoms with Crippen molar-refractivity contribution >= 4 is 33.2 Å². The van der Waals surface area contributed by atoms with Gasteiger partial charge in [-0.25, -0.2) is 4.98 Å². The fourth-order valence-electron chi connectivity index (χ4n) is 0.808. The van der Waals surface area contributed by atoms with E-state index in [4.69, 9.17) is 11.6 Å². The molecule has 1 heterocycles. The van der Waals surface area contributed by atoms with Gasteiger partial charge in [-0.3, -0.25) is 10.1 Å². The lowest BCUT2D eigenvalue weighted by atomic mass is 10.3. The fourth-order valence-corrected chi connectivity index (χ4v) is 1.81. The molecule has 4 nitrogen and oxygen atoms in total. The van der Waals surface area contributed by atoms with Crippen LogP contribution in [0.3, 0.4) is 0 Å². The number of aryl methyl sites for hydroxylation is 1. The van der Waals surface area contributed by atoms with Crippen molar-refractivity contribution in [1.29, 1.82) is 0 Å². The maximum atomic E-state index is 10.4. The van der Waals surface area contributed by atoms with Crippen molar-refractivity contribution in [2.75, 3.05) is 0 Å². The van der Waals surface area contributed by atoms with Crippen molar-refractivity contribution in [3.05, 3.63) is 31.5 Å². The van der Waals surface area contributed by atoms with Crippen LogP contribution < -0.4 is 0 Å². The third-order valence-electron chi connectivity index (χ3n) is 1.29. The second kappa shape index (κ2) is 3.37. The molecule has 0 amide bonds. The molecule has 1 rings (SSSR count). The average Bonchev–Trinajstić information content (AvgIpc) is 1.82. The van der Waals surface area contributed by atoms with Crippen molar-refractivity contribution in [3.63, 3.8) is 0 Å². The third-order valence-corrected chi connectivity index (χ3v) is 2.04. The Hall–Kier alpha value is -0.680. The van der Waals surface area contributed by atoms with Crippen LogP contribution >= 0.6 is 27.5 Å². The van der Waals surface area contributed by atoms with Gasteiger partial charge in [0.15, 0.2) is 4.60 Å². The normalized spacial score (nSPS) is 9.92. The fraction of sp³-hybridized carbons (Fsp3) is 0.167. The molecule has 0 aliphatic heterocycles. The molecule has 12 heavy (non-hydrogen) atoms. The molecule has 0 fully saturated rings. The topological polar surface area (TPSA) is 56.0 Å². The Morgan fingerprint density at radius 1 is 1.75 bits per heavy atom. The summed E-state index contributed by atoms with van der Waals surface area (Å²) < 4.78 is 0.164. The number of nitrogens with zero attached hydrogens (tertiary/aromatic N) is 2. The molecule has 0 spiro atoms. The molecule has 0 saturated carbocycles. The molecule has 1 aromatic heterocycles. The SMILES string of the molecule is Cc1cc(Cl)nc(Br)c1[N+](=O)[O-]. The lowest BCUT2D eigenvalue weighted by Crippen LogP contribution is -1.95. The van der Waals surface area contributed by atoms with Gasteiger partial charge in [-0.15, -0.1) is 0 Å². The zero-order valence-electron chi connectivity index (χ0n) is 6.04. The van der Waals surface area contributed by atoms with Crippen molar-refractivity contribution in [2.24, 2.45) is 0 Å². The van der Waals surface area contributed by atoms with Gasteiger partial charge >= 0.3 is 5.69 Å². The second-order valence-corrected chi connectivity index (χ2v) is 3.30. The number of hydrogen-bond acceptors (Lipinski definition) is 3. The van der Waals surface area contributed by atoms with E-state index in [1.54, 1.807) is 6.92 Å². The summed E-state index contributed by atoms with van der Waals surface area (Å²) in [6.45, 7) is 1.61. The van der Waals surface area contributed by atoms with Gasteiger partial charge in [0, 0.05) is 5.56 Å². The lowest BCUT2D eigenvalue weighted by molar-refractivity contribution is -0.386. The summed E-state index contributed by atoms with van der Waals surface area (Å²) in [6, 6.07) is 1.45.